The van der Waals surface area contributed by atoms with Gasteiger partial charge in [-0.15, -0.1) is 0 Å². The monoisotopic (exact) mass is 327 g/mol. The molecule has 0 radical (unpaired) electrons. The Morgan fingerprint density at radius 3 is 2.58 bits per heavy atom. The van der Waals surface area contributed by atoms with Crippen LogP contribution in [0, 0.1) is 0 Å². The van der Waals surface area contributed by atoms with Gasteiger partial charge in [0.05, 0.1) is 12.4 Å². The van der Waals surface area contributed by atoms with Crippen LogP contribution in [0.3, 0.4) is 0 Å². The maximum Gasteiger partial charge on any atom is 0.119 e. The number of allylic oxidation sites excluding steroid dienone is 2. The van der Waals surface area contributed by atoms with E-state index in [0.717, 1.165) is 44.2 Å². The Hall–Kier alpha value is -1.94. The van der Waals surface area contributed by atoms with Gasteiger partial charge in [-0.2, -0.15) is 0 Å². The van der Waals surface area contributed by atoms with Gasteiger partial charge in [0.15, 0.2) is 0 Å². The third-order valence-corrected chi connectivity index (χ3v) is 4.73. The number of piperidine rings is 1. The Morgan fingerprint density at radius 1 is 1.04 bits per heavy atom. The average Bonchev–Trinajstić information content (AvgIpc) is 2.63. The molecule has 0 bridgehead atoms. The predicted molar refractivity (Wildman–Crippen MR) is 98.7 cm³/mol. The second kappa shape index (κ2) is 8.78. The standard InChI is InChI=1S/C20H29N3O/c21-20-7-2-5-15-23(20)17-18-8-10-19(11-9-18)24-16-6-14-22-12-3-1-4-13-22/h2,5,7-11H,1,3-4,6,12-17,21H2. The van der Waals surface area contributed by atoms with Crippen molar-refractivity contribution >= 4 is 0 Å². The van der Waals surface area contributed by atoms with Crippen molar-refractivity contribution in [2.24, 2.45) is 5.73 Å². The summed E-state index contributed by atoms with van der Waals surface area (Å²) < 4.78 is 5.88. The molecule has 130 valence electrons. The first-order valence-electron chi connectivity index (χ1n) is 9.12. The van der Waals surface area contributed by atoms with Crippen LogP contribution in [0.1, 0.15) is 31.2 Å². The number of rotatable bonds is 7. The van der Waals surface area contributed by atoms with Gasteiger partial charge in [0.25, 0.3) is 0 Å². The second-order valence-electron chi connectivity index (χ2n) is 6.65. The van der Waals surface area contributed by atoms with Crippen LogP contribution in [0.5, 0.6) is 5.75 Å². The first-order chi connectivity index (χ1) is 11.8. The summed E-state index contributed by atoms with van der Waals surface area (Å²) in [5, 5.41) is 0. The van der Waals surface area contributed by atoms with Crippen LogP contribution in [0.25, 0.3) is 0 Å². The lowest BCUT2D eigenvalue weighted by molar-refractivity contribution is 0.205. The van der Waals surface area contributed by atoms with Crippen LogP contribution >= 0.6 is 0 Å². The van der Waals surface area contributed by atoms with Crippen molar-refractivity contribution in [1.82, 2.24) is 9.80 Å². The molecule has 3 rings (SSSR count). The van der Waals surface area contributed by atoms with Crippen molar-refractivity contribution in [3.8, 4) is 5.75 Å². The fourth-order valence-corrected chi connectivity index (χ4v) is 3.29. The van der Waals surface area contributed by atoms with Crippen LogP contribution in [0.2, 0.25) is 0 Å². The lowest BCUT2D eigenvalue weighted by Crippen LogP contribution is -2.31. The maximum atomic E-state index is 6.01. The summed E-state index contributed by atoms with van der Waals surface area (Å²) in [4.78, 5) is 4.72. The van der Waals surface area contributed by atoms with Crippen LogP contribution in [0.4, 0.5) is 0 Å². The molecule has 2 aliphatic rings. The van der Waals surface area contributed by atoms with E-state index < -0.39 is 0 Å². The Morgan fingerprint density at radius 2 is 1.83 bits per heavy atom. The molecule has 2 N–H and O–H groups in total. The highest BCUT2D eigenvalue weighted by molar-refractivity contribution is 5.28. The molecule has 0 spiro atoms. The van der Waals surface area contributed by atoms with Gasteiger partial charge >= 0.3 is 0 Å². The third-order valence-electron chi connectivity index (χ3n) is 4.73. The molecule has 4 heteroatoms. The summed E-state index contributed by atoms with van der Waals surface area (Å²) in [5.74, 6) is 1.79. The minimum absolute atomic E-state index is 0.794. The summed E-state index contributed by atoms with van der Waals surface area (Å²) in [6.07, 6.45) is 11.3. The highest BCUT2D eigenvalue weighted by atomic mass is 16.5. The number of hydrogen-bond donors (Lipinski definition) is 1. The molecular weight excluding hydrogens is 298 g/mol. The summed E-state index contributed by atoms with van der Waals surface area (Å²) in [6, 6.07) is 8.39. The smallest absolute Gasteiger partial charge is 0.119 e. The number of hydrogen-bond acceptors (Lipinski definition) is 4. The SMILES string of the molecule is NC1=CC=CCN1Cc1ccc(OCCCN2CCCCC2)cc1. The molecule has 24 heavy (non-hydrogen) atoms. The summed E-state index contributed by atoms with van der Waals surface area (Å²) >= 11 is 0. The zero-order chi connectivity index (χ0) is 16.6. The van der Waals surface area contributed by atoms with Crippen molar-refractivity contribution in [3.63, 3.8) is 0 Å². The van der Waals surface area contributed by atoms with Gasteiger partial charge in [-0.05, 0) is 56.1 Å². The summed E-state index contributed by atoms with van der Waals surface area (Å²) in [6.45, 7) is 6.18. The lowest BCUT2D eigenvalue weighted by Gasteiger charge is -2.26. The van der Waals surface area contributed by atoms with E-state index in [1.807, 2.05) is 12.2 Å². The first-order valence-corrected chi connectivity index (χ1v) is 9.12. The molecule has 0 aromatic heterocycles. The lowest BCUT2D eigenvalue weighted by atomic mass is 10.1. The highest BCUT2D eigenvalue weighted by Crippen LogP contribution is 2.16. The van der Waals surface area contributed by atoms with Crippen LogP contribution in [-0.4, -0.2) is 42.6 Å². The minimum atomic E-state index is 0.794. The zero-order valence-electron chi connectivity index (χ0n) is 14.5. The average molecular weight is 327 g/mol. The Balaban J connectivity index is 1.38. The van der Waals surface area contributed by atoms with Gasteiger partial charge in [-0.1, -0.05) is 30.7 Å². The molecule has 0 aliphatic carbocycles. The Kier molecular flexibility index (Phi) is 6.19. The van der Waals surface area contributed by atoms with Gasteiger partial charge in [-0.25, -0.2) is 0 Å². The number of nitrogens with zero attached hydrogens (tertiary/aromatic N) is 2. The molecule has 0 atom stereocenters. The molecule has 4 nitrogen and oxygen atoms in total. The van der Waals surface area contributed by atoms with Crippen LogP contribution < -0.4 is 10.5 Å². The van der Waals surface area contributed by atoms with E-state index in [-0.39, 0.29) is 0 Å². The molecule has 1 aromatic rings. The quantitative estimate of drug-likeness (QED) is 0.781. The topological polar surface area (TPSA) is 41.7 Å². The summed E-state index contributed by atoms with van der Waals surface area (Å²) in [5.41, 5.74) is 7.26. The number of nitrogens with two attached hydrogens (primary N) is 1. The van der Waals surface area contributed by atoms with Gasteiger partial charge in [-0.3, -0.25) is 0 Å². The molecule has 2 aliphatic heterocycles. The normalized spacial score (nSPS) is 18.5. The largest absolute Gasteiger partial charge is 0.494 e. The highest BCUT2D eigenvalue weighted by Gasteiger charge is 2.10. The van der Waals surface area contributed by atoms with E-state index >= 15 is 0 Å². The Bertz CT molecular complexity index is 559. The molecule has 2 heterocycles. The molecule has 0 saturated carbocycles. The number of ether oxygens (including phenoxy) is 1. The molecule has 1 fully saturated rings. The van der Waals surface area contributed by atoms with Crippen molar-refractivity contribution in [2.75, 3.05) is 32.8 Å². The molecule has 0 amide bonds. The fourth-order valence-electron chi connectivity index (χ4n) is 3.29. The number of likely N-dealkylation sites (tertiary alicyclic amines) is 1. The van der Waals surface area contributed by atoms with Crippen LogP contribution in [-0.2, 0) is 6.54 Å². The predicted octanol–water partition coefficient (Wildman–Crippen LogP) is 3.11. The van der Waals surface area contributed by atoms with E-state index in [0.29, 0.717) is 0 Å². The van der Waals surface area contributed by atoms with Gasteiger partial charge in [0, 0.05) is 19.6 Å². The van der Waals surface area contributed by atoms with Gasteiger partial charge in [0.2, 0.25) is 0 Å². The van der Waals surface area contributed by atoms with E-state index in [1.165, 1.54) is 37.9 Å². The van der Waals surface area contributed by atoms with E-state index in [1.54, 1.807) is 0 Å². The van der Waals surface area contributed by atoms with Crippen LogP contribution in [0.15, 0.2) is 48.3 Å². The van der Waals surface area contributed by atoms with Crippen molar-refractivity contribution in [3.05, 3.63) is 53.9 Å². The third kappa shape index (κ3) is 5.03. The van der Waals surface area contributed by atoms with Gasteiger partial charge < -0.3 is 20.3 Å². The minimum Gasteiger partial charge on any atom is -0.494 e. The Labute approximate surface area is 145 Å². The van der Waals surface area contributed by atoms with Gasteiger partial charge in [0.1, 0.15) is 5.75 Å². The van der Waals surface area contributed by atoms with Crippen molar-refractivity contribution in [1.29, 1.82) is 0 Å². The molecule has 1 saturated heterocycles. The molecule has 1 aromatic carbocycles. The fraction of sp³-hybridized carbons (Fsp3) is 0.500. The van der Waals surface area contributed by atoms with E-state index in [4.69, 9.17) is 10.5 Å². The maximum absolute atomic E-state index is 6.01. The first kappa shape index (κ1) is 16.9. The second-order valence-corrected chi connectivity index (χ2v) is 6.65. The van der Waals surface area contributed by atoms with E-state index in [2.05, 4.69) is 40.1 Å². The van der Waals surface area contributed by atoms with Crippen molar-refractivity contribution < 1.29 is 4.74 Å². The molecule has 0 unspecified atom stereocenters. The van der Waals surface area contributed by atoms with Crippen molar-refractivity contribution in [2.45, 2.75) is 32.2 Å². The number of benzene rings is 1. The van der Waals surface area contributed by atoms with E-state index in [9.17, 15) is 0 Å². The molecular formula is C20H29N3O. The zero-order valence-corrected chi connectivity index (χ0v) is 14.5. The summed E-state index contributed by atoms with van der Waals surface area (Å²) in [7, 11) is 0.